The Labute approximate surface area is 128 Å². The van der Waals surface area contributed by atoms with Crippen LogP contribution in [-0.2, 0) is 0 Å². The van der Waals surface area contributed by atoms with Crippen molar-refractivity contribution in [1.29, 1.82) is 0 Å². The van der Waals surface area contributed by atoms with Crippen LogP contribution in [0.2, 0.25) is 0 Å². The molecule has 0 bridgehead atoms. The van der Waals surface area contributed by atoms with Gasteiger partial charge in [0.25, 0.3) is 0 Å². The van der Waals surface area contributed by atoms with E-state index in [9.17, 15) is 9.90 Å². The van der Waals surface area contributed by atoms with Crippen LogP contribution in [0.4, 0.5) is 5.82 Å². The van der Waals surface area contributed by atoms with Crippen molar-refractivity contribution < 1.29 is 9.90 Å². The van der Waals surface area contributed by atoms with E-state index in [0.29, 0.717) is 17.6 Å². The highest BCUT2D eigenvalue weighted by molar-refractivity contribution is 5.93. The van der Waals surface area contributed by atoms with Crippen LogP contribution in [0.25, 0.3) is 11.4 Å². The first kappa shape index (κ1) is 14.4. The molecule has 2 aromatic heterocycles. The fourth-order valence-electron chi connectivity index (χ4n) is 2.62. The summed E-state index contributed by atoms with van der Waals surface area (Å²) in [7, 11) is 0. The van der Waals surface area contributed by atoms with E-state index in [-0.39, 0.29) is 5.56 Å². The van der Waals surface area contributed by atoms with Crippen LogP contribution >= 0.6 is 0 Å². The van der Waals surface area contributed by atoms with Crippen molar-refractivity contribution in [2.24, 2.45) is 5.92 Å². The molecule has 1 N–H and O–H groups in total. The second-order valence-corrected chi connectivity index (χ2v) is 5.65. The van der Waals surface area contributed by atoms with Gasteiger partial charge in [0.05, 0.1) is 0 Å². The minimum absolute atomic E-state index is 0.155. The zero-order valence-electron chi connectivity index (χ0n) is 12.4. The van der Waals surface area contributed by atoms with Gasteiger partial charge in [-0.1, -0.05) is 6.92 Å². The van der Waals surface area contributed by atoms with Crippen molar-refractivity contribution in [3.05, 3.63) is 36.3 Å². The van der Waals surface area contributed by atoms with Crippen LogP contribution in [0.15, 0.2) is 30.7 Å². The summed E-state index contributed by atoms with van der Waals surface area (Å²) in [5, 5.41) is 9.39. The highest BCUT2D eigenvalue weighted by Crippen LogP contribution is 2.26. The molecule has 114 valence electrons. The Morgan fingerprint density at radius 3 is 2.73 bits per heavy atom. The van der Waals surface area contributed by atoms with E-state index < -0.39 is 5.97 Å². The molecule has 1 aliphatic rings. The van der Waals surface area contributed by atoms with Gasteiger partial charge in [-0.3, -0.25) is 4.98 Å². The molecule has 3 heterocycles. The molecule has 0 saturated carbocycles. The molecule has 0 spiro atoms. The molecule has 6 nitrogen and oxygen atoms in total. The summed E-state index contributed by atoms with van der Waals surface area (Å²) >= 11 is 0. The number of anilines is 1. The molecule has 1 saturated heterocycles. The molecular formula is C16H18N4O2. The van der Waals surface area contributed by atoms with Crippen molar-refractivity contribution in [3.63, 3.8) is 0 Å². The summed E-state index contributed by atoms with van der Waals surface area (Å²) in [5.41, 5.74) is 0.938. The SMILES string of the molecule is CC1CCN(c2nc(-c3cccnc3)ncc2C(=O)O)CC1. The predicted molar refractivity (Wildman–Crippen MR) is 82.8 cm³/mol. The standard InChI is InChI=1S/C16H18N4O2/c1-11-4-7-20(8-5-11)15-13(16(21)22)10-18-14(19-15)12-3-2-6-17-9-12/h2-3,6,9-11H,4-5,7-8H2,1H3,(H,21,22). The first-order valence-corrected chi connectivity index (χ1v) is 7.41. The van der Waals surface area contributed by atoms with Gasteiger partial charge in [0.1, 0.15) is 11.4 Å². The van der Waals surface area contributed by atoms with E-state index in [2.05, 4.69) is 21.9 Å². The van der Waals surface area contributed by atoms with Crippen molar-refractivity contribution in [2.75, 3.05) is 18.0 Å². The summed E-state index contributed by atoms with van der Waals surface area (Å²) in [6.07, 6.45) is 6.85. The van der Waals surface area contributed by atoms with Crippen LogP contribution in [0.3, 0.4) is 0 Å². The normalized spacial score (nSPS) is 15.8. The van der Waals surface area contributed by atoms with Gasteiger partial charge in [-0.2, -0.15) is 0 Å². The van der Waals surface area contributed by atoms with E-state index >= 15 is 0 Å². The highest BCUT2D eigenvalue weighted by atomic mass is 16.4. The number of rotatable bonds is 3. The number of pyridine rings is 1. The Balaban J connectivity index is 2.00. The van der Waals surface area contributed by atoms with Gasteiger partial charge in [-0.25, -0.2) is 14.8 Å². The van der Waals surface area contributed by atoms with Gasteiger partial charge < -0.3 is 10.0 Å². The van der Waals surface area contributed by atoms with Crippen LogP contribution in [0, 0.1) is 5.92 Å². The quantitative estimate of drug-likeness (QED) is 0.937. The van der Waals surface area contributed by atoms with E-state index in [1.54, 1.807) is 12.4 Å². The minimum Gasteiger partial charge on any atom is -0.477 e. The lowest BCUT2D eigenvalue weighted by atomic mass is 9.99. The molecule has 0 unspecified atom stereocenters. The number of aromatic carboxylic acids is 1. The van der Waals surface area contributed by atoms with Crippen molar-refractivity contribution in [1.82, 2.24) is 15.0 Å². The molecule has 0 aliphatic carbocycles. The zero-order chi connectivity index (χ0) is 15.5. The van der Waals surface area contributed by atoms with Crippen molar-refractivity contribution in [2.45, 2.75) is 19.8 Å². The Morgan fingerprint density at radius 2 is 2.09 bits per heavy atom. The molecule has 1 fully saturated rings. The van der Waals surface area contributed by atoms with Crippen molar-refractivity contribution >= 4 is 11.8 Å². The topological polar surface area (TPSA) is 79.2 Å². The molecule has 0 radical (unpaired) electrons. The Kier molecular flexibility index (Phi) is 4.00. The predicted octanol–water partition coefficient (Wildman–Crippen LogP) is 2.47. The fourth-order valence-corrected chi connectivity index (χ4v) is 2.62. The van der Waals surface area contributed by atoms with Crippen LogP contribution in [-0.4, -0.2) is 39.1 Å². The van der Waals surface area contributed by atoms with Crippen LogP contribution in [0.1, 0.15) is 30.1 Å². The molecule has 0 aromatic carbocycles. The number of nitrogens with zero attached hydrogens (tertiary/aromatic N) is 4. The molecule has 22 heavy (non-hydrogen) atoms. The molecule has 6 heteroatoms. The maximum Gasteiger partial charge on any atom is 0.341 e. The summed E-state index contributed by atoms with van der Waals surface area (Å²) in [5.74, 6) is 0.690. The number of carbonyl (C=O) groups is 1. The van der Waals surface area contributed by atoms with Crippen LogP contribution < -0.4 is 4.90 Å². The van der Waals surface area contributed by atoms with E-state index in [0.717, 1.165) is 31.5 Å². The molecule has 0 atom stereocenters. The molecule has 0 amide bonds. The monoisotopic (exact) mass is 298 g/mol. The van der Waals surface area contributed by atoms with Gasteiger partial charge in [0, 0.05) is 37.2 Å². The van der Waals surface area contributed by atoms with Gasteiger partial charge in [0.15, 0.2) is 5.82 Å². The minimum atomic E-state index is -0.994. The highest BCUT2D eigenvalue weighted by Gasteiger charge is 2.23. The second kappa shape index (κ2) is 6.09. The van der Waals surface area contributed by atoms with Gasteiger partial charge in [-0.15, -0.1) is 0 Å². The zero-order valence-corrected chi connectivity index (χ0v) is 12.4. The number of aromatic nitrogens is 3. The second-order valence-electron chi connectivity index (χ2n) is 5.65. The van der Waals surface area contributed by atoms with E-state index in [1.807, 2.05) is 17.0 Å². The Bertz CT molecular complexity index is 667. The third kappa shape index (κ3) is 2.90. The fraction of sp³-hybridized carbons (Fsp3) is 0.375. The summed E-state index contributed by atoms with van der Waals surface area (Å²) < 4.78 is 0. The third-order valence-electron chi connectivity index (χ3n) is 4.00. The smallest absolute Gasteiger partial charge is 0.341 e. The van der Waals surface area contributed by atoms with Gasteiger partial charge in [0.2, 0.25) is 0 Å². The average molecular weight is 298 g/mol. The van der Waals surface area contributed by atoms with E-state index in [1.165, 1.54) is 6.20 Å². The average Bonchev–Trinajstić information content (AvgIpc) is 2.56. The van der Waals surface area contributed by atoms with Gasteiger partial charge >= 0.3 is 5.97 Å². The first-order valence-electron chi connectivity index (χ1n) is 7.41. The van der Waals surface area contributed by atoms with Crippen molar-refractivity contribution in [3.8, 4) is 11.4 Å². The summed E-state index contributed by atoms with van der Waals surface area (Å²) in [6, 6.07) is 3.68. The van der Waals surface area contributed by atoms with E-state index in [4.69, 9.17) is 0 Å². The number of piperidine rings is 1. The number of carboxylic acids is 1. The lowest BCUT2D eigenvalue weighted by Crippen LogP contribution is -2.34. The lowest BCUT2D eigenvalue weighted by molar-refractivity contribution is 0.0696. The molecule has 2 aromatic rings. The first-order chi connectivity index (χ1) is 10.6. The number of carboxylic acid groups (broad SMARTS) is 1. The van der Waals surface area contributed by atoms with Gasteiger partial charge in [-0.05, 0) is 30.9 Å². The Morgan fingerprint density at radius 1 is 1.32 bits per heavy atom. The molecule has 1 aliphatic heterocycles. The molecular weight excluding hydrogens is 280 g/mol. The van der Waals surface area contributed by atoms with Crippen LogP contribution in [0.5, 0.6) is 0 Å². The lowest BCUT2D eigenvalue weighted by Gasteiger charge is -2.32. The third-order valence-corrected chi connectivity index (χ3v) is 4.00. The summed E-state index contributed by atoms with van der Waals surface area (Å²) in [4.78, 5) is 26.3. The maximum absolute atomic E-state index is 11.5. The largest absolute Gasteiger partial charge is 0.477 e. The summed E-state index contributed by atoms with van der Waals surface area (Å²) in [6.45, 7) is 3.87. The number of hydrogen-bond donors (Lipinski definition) is 1. The Hall–Kier alpha value is -2.50. The molecule has 3 rings (SSSR count). The number of hydrogen-bond acceptors (Lipinski definition) is 5. The maximum atomic E-state index is 11.5.